The molecular formula is C10H10ClN3S. The van der Waals surface area contributed by atoms with Crippen LogP contribution in [0.5, 0.6) is 0 Å². The van der Waals surface area contributed by atoms with Gasteiger partial charge in [0.2, 0.25) is 0 Å². The third-order valence-corrected chi connectivity index (χ3v) is 3.14. The van der Waals surface area contributed by atoms with Gasteiger partial charge in [-0.15, -0.1) is 0 Å². The Kier molecular flexibility index (Phi) is 2.88. The number of nitrogens with two attached hydrogens (primary N) is 1. The number of rotatable bonds is 2. The minimum absolute atomic E-state index is 0.690. The number of benzene rings is 1. The van der Waals surface area contributed by atoms with Gasteiger partial charge in [-0.05, 0) is 18.2 Å². The number of nitrogen functional groups attached to an aromatic ring is 1. The molecule has 0 saturated heterocycles. The van der Waals surface area contributed by atoms with Crippen LogP contribution in [0, 0.1) is 0 Å². The second-order valence-electron chi connectivity index (χ2n) is 3.13. The summed E-state index contributed by atoms with van der Waals surface area (Å²) in [5.74, 6) is 0. The summed E-state index contributed by atoms with van der Waals surface area (Å²) in [5.41, 5.74) is 6.57. The van der Waals surface area contributed by atoms with E-state index in [1.54, 1.807) is 34.8 Å². The van der Waals surface area contributed by atoms with Crippen molar-refractivity contribution >= 4 is 29.1 Å². The summed E-state index contributed by atoms with van der Waals surface area (Å²) in [5, 5.41) is 4.78. The lowest BCUT2D eigenvalue weighted by Crippen LogP contribution is -1.87. The monoisotopic (exact) mass is 239 g/mol. The number of hydrogen-bond donors (Lipinski definition) is 1. The fourth-order valence-electron chi connectivity index (χ4n) is 1.18. The molecule has 2 aromatic rings. The fourth-order valence-corrected chi connectivity index (χ4v) is 2.34. The standard InChI is InChI=1S/C10H10ClN3S/c1-14-6-8(5-13-14)15-10-4-7(11)2-3-9(10)12/h2-6H,12H2,1H3. The summed E-state index contributed by atoms with van der Waals surface area (Å²) in [6, 6.07) is 5.44. The summed E-state index contributed by atoms with van der Waals surface area (Å²) < 4.78 is 1.75. The molecule has 78 valence electrons. The summed E-state index contributed by atoms with van der Waals surface area (Å²) in [6.45, 7) is 0. The minimum Gasteiger partial charge on any atom is -0.398 e. The molecule has 3 nitrogen and oxygen atoms in total. The Bertz CT molecular complexity index is 481. The molecule has 0 aliphatic rings. The van der Waals surface area contributed by atoms with Gasteiger partial charge in [-0.25, -0.2) is 0 Å². The molecule has 0 radical (unpaired) electrons. The molecule has 0 fully saturated rings. The van der Waals surface area contributed by atoms with Gasteiger partial charge in [-0.3, -0.25) is 4.68 Å². The first-order valence-electron chi connectivity index (χ1n) is 4.36. The van der Waals surface area contributed by atoms with Crippen molar-refractivity contribution in [2.75, 3.05) is 5.73 Å². The molecule has 2 N–H and O–H groups in total. The smallest absolute Gasteiger partial charge is 0.0629 e. The van der Waals surface area contributed by atoms with E-state index in [0.717, 1.165) is 15.5 Å². The highest BCUT2D eigenvalue weighted by molar-refractivity contribution is 7.99. The molecule has 0 saturated carbocycles. The van der Waals surface area contributed by atoms with Crippen LogP contribution in [0.1, 0.15) is 0 Å². The molecule has 2 rings (SSSR count). The SMILES string of the molecule is Cn1cc(Sc2cc(Cl)ccc2N)cn1. The lowest BCUT2D eigenvalue weighted by Gasteiger charge is -2.03. The Hall–Kier alpha value is -1.13. The number of aromatic nitrogens is 2. The van der Waals surface area contributed by atoms with Gasteiger partial charge in [0, 0.05) is 28.9 Å². The van der Waals surface area contributed by atoms with Gasteiger partial charge in [0.1, 0.15) is 0 Å². The molecule has 0 bridgehead atoms. The van der Waals surface area contributed by atoms with Crippen molar-refractivity contribution in [1.82, 2.24) is 9.78 Å². The first kappa shape index (κ1) is 10.4. The maximum Gasteiger partial charge on any atom is 0.0629 e. The van der Waals surface area contributed by atoms with Gasteiger partial charge in [-0.2, -0.15) is 5.10 Å². The highest BCUT2D eigenvalue weighted by atomic mass is 35.5. The molecule has 1 heterocycles. The second-order valence-corrected chi connectivity index (χ2v) is 4.69. The van der Waals surface area contributed by atoms with Crippen molar-refractivity contribution in [2.45, 2.75) is 9.79 Å². The zero-order chi connectivity index (χ0) is 10.8. The van der Waals surface area contributed by atoms with Crippen LogP contribution < -0.4 is 5.73 Å². The van der Waals surface area contributed by atoms with Crippen molar-refractivity contribution in [2.24, 2.45) is 7.05 Å². The molecule has 0 amide bonds. The van der Waals surface area contributed by atoms with Crippen LogP contribution in [-0.4, -0.2) is 9.78 Å². The van der Waals surface area contributed by atoms with Crippen molar-refractivity contribution in [1.29, 1.82) is 0 Å². The lowest BCUT2D eigenvalue weighted by atomic mass is 10.3. The van der Waals surface area contributed by atoms with Crippen molar-refractivity contribution in [3.05, 3.63) is 35.6 Å². The van der Waals surface area contributed by atoms with Crippen LogP contribution in [0.25, 0.3) is 0 Å². The largest absolute Gasteiger partial charge is 0.398 e. The predicted octanol–water partition coefficient (Wildman–Crippen LogP) is 2.81. The summed E-state index contributed by atoms with van der Waals surface area (Å²) in [6.07, 6.45) is 3.73. The first-order chi connectivity index (χ1) is 7.15. The number of hydrogen-bond acceptors (Lipinski definition) is 3. The van der Waals surface area contributed by atoms with Gasteiger partial charge >= 0.3 is 0 Å². The normalized spacial score (nSPS) is 10.5. The van der Waals surface area contributed by atoms with E-state index in [2.05, 4.69) is 5.10 Å². The summed E-state index contributed by atoms with van der Waals surface area (Å²) in [7, 11) is 1.88. The average Bonchev–Trinajstić information content (AvgIpc) is 2.58. The fraction of sp³-hybridized carbons (Fsp3) is 0.100. The Labute approximate surface area is 97.2 Å². The third kappa shape index (κ3) is 2.46. The Balaban J connectivity index is 2.27. The Morgan fingerprint density at radius 2 is 2.27 bits per heavy atom. The topological polar surface area (TPSA) is 43.8 Å². The van der Waals surface area contributed by atoms with E-state index in [1.165, 1.54) is 0 Å². The lowest BCUT2D eigenvalue weighted by molar-refractivity contribution is 0.766. The van der Waals surface area contributed by atoms with E-state index < -0.39 is 0 Å². The molecule has 0 aliphatic heterocycles. The highest BCUT2D eigenvalue weighted by Crippen LogP contribution is 2.33. The van der Waals surface area contributed by atoms with Gasteiger partial charge in [-0.1, -0.05) is 23.4 Å². The molecule has 0 spiro atoms. The van der Waals surface area contributed by atoms with Crippen LogP contribution in [-0.2, 0) is 7.05 Å². The summed E-state index contributed by atoms with van der Waals surface area (Å²) >= 11 is 7.45. The molecule has 5 heteroatoms. The molecule has 0 atom stereocenters. The Morgan fingerprint density at radius 1 is 1.47 bits per heavy atom. The van der Waals surface area contributed by atoms with Crippen LogP contribution in [0.4, 0.5) is 5.69 Å². The molecule has 1 aromatic carbocycles. The van der Waals surface area contributed by atoms with Crippen molar-refractivity contribution in [3.8, 4) is 0 Å². The molecule has 1 aromatic heterocycles. The molecule has 0 unspecified atom stereocenters. The van der Waals surface area contributed by atoms with Gasteiger partial charge in [0.25, 0.3) is 0 Å². The predicted molar refractivity (Wildman–Crippen MR) is 63.2 cm³/mol. The van der Waals surface area contributed by atoms with E-state index in [-0.39, 0.29) is 0 Å². The highest BCUT2D eigenvalue weighted by Gasteiger charge is 2.04. The maximum atomic E-state index is 5.90. The number of nitrogens with zero attached hydrogens (tertiary/aromatic N) is 2. The van der Waals surface area contributed by atoms with Gasteiger partial charge < -0.3 is 5.73 Å². The van der Waals surface area contributed by atoms with Crippen LogP contribution in [0.15, 0.2) is 40.4 Å². The van der Waals surface area contributed by atoms with E-state index >= 15 is 0 Å². The number of halogens is 1. The summed E-state index contributed by atoms with van der Waals surface area (Å²) in [4.78, 5) is 2.00. The zero-order valence-electron chi connectivity index (χ0n) is 8.14. The van der Waals surface area contributed by atoms with E-state index in [1.807, 2.05) is 19.3 Å². The van der Waals surface area contributed by atoms with Crippen LogP contribution >= 0.6 is 23.4 Å². The van der Waals surface area contributed by atoms with E-state index in [0.29, 0.717) is 5.02 Å². The van der Waals surface area contributed by atoms with E-state index in [4.69, 9.17) is 17.3 Å². The third-order valence-electron chi connectivity index (χ3n) is 1.88. The van der Waals surface area contributed by atoms with Crippen molar-refractivity contribution in [3.63, 3.8) is 0 Å². The van der Waals surface area contributed by atoms with Crippen LogP contribution in [0.3, 0.4) is 0 Å². The van der Waals surface area contributed by atoms with Crippen molar-refractivity contribution < 1.29 is 0 Å². The second kappa shape index (κ2) is 4.16. The average molecular weight is 240 g/mol. The number of aryl methyl sites for hydroxylation is 1. The molecule has 0 aliphatic carbocycles. The Morgan fingerprint density at radius 3 is 2.93 bits per heavy atom. The minimum atomic E-state index is 0.690. The maximum absolute atomic E-state index is 5.90. The van der Waals surface area contributed by atoms with Gasteiger partial charge in [0.05, 0.1) is 11.1 Å². The number of anilines is 1. The quantitative estimate of drug-likeness (QED) is 0.820. The zero-order valence-corrected chi connectivity index (χ0v) is 9.72. The first-order valence-corrected chi connectivity index (χ1v) is 5.56. The van der Waals surface area contributed by atoms with Gasteiger partial charge in [0.15, 0.2) is 0 Å². The van der Waals surface area contributed by atoms with E-state index in [9.17, 15) is 0 Å². The molecule has 15 heavy (non-hydrogen) atoms. The van der Waals surface area contributed by atoms with Crippen LogP contribution in [0.2, 0.25) is 5.02 Å². The molecular weight excluding hydrogens is 230 g/mol.